The number of hydrogen-bond acceptors (Lipinski definition) is 4. The van der Waals surface area contributed by atoms with E-state index >= 15 is 0 Å². The Bertz CT molecular complexity index is 735. The Kier molecular flexibility index (Phi) is 4.83. The van der Waals surface area contributed by atoms with Crippen molar-refractivity contribution in [1.29, 1.82) is 0 Å². The van der Waals surface area contributed by atoms with Crippen LogP contribution in [0.5, 0.6) is 5.75 Å². The molecule has 0 saturated carbocycles. The average Bonchev–Trinajstić information content (AvgIpc) is 2.46. The third-order valence-corrected chi connectivity index (χ3v) is 5.25. The fourth-order valence-corrected chi connectivity index (χ4v) is 4.11. The van der Waals surface area contributed by atoms with E-state index in [4.69, 9.17) is 4.74 Å². The summed E-state index contributed by atoms with van der Waals surface area (Å²) in [6.45, 7) is 5.29. The molecule has 1 atom stereocenters. The maximum atomic E-state index is 12.7. The van der Waals surface area contributed by atoms with Crippen molar-refractivity contribution >= 4 is 10.0 Å². The Labute approximate surface area is 131 Å². The lowest BCUT2D eigenvalue weighted by Crippen LogP contribution is -2.28. The van der Waals surface area contributed by atoms with Crippen molar-refractivity contribution in [2.75, 3.05) is 7.11 Å². The zero-order chi connectivity index (χ0) is 16.3. The first-order chi connectivity index (χ1) is 10.3. The number of ether oxygens (including phenoxy) is 1. The van der Waals surface area contributed by atoms with Gasteiger partial charge in [0.1, 0.15) is 5.75 Å². The highest BCUT2D eigenvalue weighted by molar-refractivity contribution is 7.89. The predicted molar refractivity (Wildman–Crippen MR) is 85.4 cm³/mol. The molecule has 1 N–H and O–H groups in total. The van der Waals surface area contributed by atoms with Crippen LogP contribution in [0.25, 0.3) is 0 Å². The molecule has 1 aromatic carbocycles. The molecule has 118 valence electrons. The molecular formula is C16H20N2O3S. The van der Waals surface area contributed by atoms with Crippen molar-refractivity contribution in [1.82, 2.24) is 9.71 Å². The van der Waals surface area contributed by atoms with Crippen molar-refractivity contribution in [3.63, 3.8) is 0 Å². The van der Waals surface area contributed by atoms with Crippen molar-refractivity contribution < 1.29 is 13.2 Å². The molecule has 0 bridgehead atoms. The molecule has 2 rings (SSSR count). The minimum atomic E-state index is -3.64. The summed E-state index contributed by atoms with van der Waals surface area (Å²) in [5, 5.41) is 0. The largest absolute Gasteiger partial charge is 0.497 e. The molecule has 1 aromatic heterocycles. The van der Waals surface area contributed by atoms with E-state index in [0.29, 0.717) is 22.6 Å². The van der Waals surface area contributed by atoms with Crippen LogP contribution in [0.2, 0.25) is 0 Å². The first-order valence-corrected chi connectivity index (χ1v) is 8.42. The highest BCUT2D eigenvalue weighted by Gasteiger charge is 2.23. The molecule has 0 aliphatic carbocycles. The number of methoxy groups -OCH3 is 1. The molecule has 2 aromatic rings. The van der Waals surface area contributed by atoms with E-state index in [0.717, 1.165) is 0 Å². The summed E-state index contributed by atoms with van der Waals surface area (Å²) in [5.74, 6) is 0.645. The Morgan fingerprint density at radius 2 is 1.82 bits per heavy atom. The molecule has 0 saturated heterocycles. The Morgan fingerprint density at radius 1 is 1.18 bits per heavy atom. The smallest absolute Gasteiger partial charge is 0.241 e. The van der Waals surface area contributed by atoms with Crippen LogP contribution in [0.1, 0.15) is 29.8 Å². The van der Waals surface area contributed by atoms with Gasteiger partial charge in [0.05, 0.1) is 23.7 Å². The van der Waals surface area contributed by atoms with E-state index in [1.54, 1.807) is 58.3 Å². The number of pyridine rings is 1. The molecule has 0 aliphatic rings. The first-order valence-electron chi connectivity index (χ1n) is 6.93. The summed E-state index contributed by atoms with van der Waals surface area (Å²) in [6, 6.07) is 8.44. The van der Waals surface area contributed by atoms with Gasteiger partial charge in [-0.1, -0.05) is 6.07 Å². The van der Waals surface area contributed by atoms with Gasteiger partial charge in [-0.05, 0) is 56.2 Å². The van der Waals surface area contributed by atoms with Gasteiger partial charge in [0.15, 0.2) is 0 Å². The van der Waals surface area contributed by atoms with Crippen LogP contribution in [-0.4, -0.2) is 20.5 Å². The summed E-state index contributed by atoms with van der Waals surface area (Å²) in [4.78, 5) is 4.47. The number of aryl methyl sites for hydroxylation is 2. The Balaban J connectivity index is 2.35. The monoisotopic (exact) mass is 320 g/mol. The fourth-order valence-electron chi connectivity index (χ4n) is 2.44. The number of aromatic nitrogens is 1. The minimum Gasteiger partial charge on any atom is -0.497 e. The quantitative estimate of drug-likeness (QED) is 0.920. The zero-order valence-corrected chi connectivity index (χ0v) is 13.9. The number of hydrogen-bond donors (Lipinski definition) is 1. The lowest BCUT2D eigenvalue weighted by Gasteiger charge is -2.17. The number of rotatable bonds is 5. The highest BCUT2D eigenvalue weighted by atomic mass is 32.2. The molecule has 6 heteroatoms. The summed E-state index contributed by atoms with van der Waals surface area (Å²) in [6.07, 6.45) is 1.64. The fraction of sp³-hybridized carbons (Fsp3) is 0.312. The molecule has 0 aliphatic heterocycles. The molecule has 0 spiro atoms. The van der Waals surface area contributed by atoms with Crippen LogP contribution in [0.3, 0.4) is 0 Å². The van der Waals surface area contributed by atoms with Crippen LogP contribution >= 0.6 is 0 Å². The lowest BCUT2D eigenvalue weighted by atomic mass is 10.1. The highest BCUT2D eigenvalue weighted by Crippen LogP contribution is 2.26. The molecule has 0 unspecified atom stereocenters. The number of nitrogens with zero attached hydrogens (tertiary/aromatic N) is 1. The molecular weight excluding hydrogens is 300 g/mol. The predicted octanol–water partition coefficient (Wildman–Crippen LogP) is 2.75. The van der Waals surface area contributed by atoms with E-state index < -0.39 is 16.1 Å². The topological polar surface area (TPSA) is 68.3 Å². The van der Waals surface area contributed by atoms with Gasteiger partial charge in [0.25, 0.3) is 0 Å². The van der Waals surface area contributed by atoms with Crippen molar-refractivity contribution in [2.24, 2.45) is 0 Å². The van der Waals surface area contributed by atoms with E-state index in [9.17, 15) is 8.42 Å². The Hall–Kier alpha value is -1.92. The zero-order valence-electron chi connectivity index (χ0n) is 13.1. The number of sulfonamides is 1. The van der Waals surface area contributed by atoms with E-state index in [-0.39, 0.29) is 4.90 Å². The SMILES string of the molecule is COc1cc(C)c(S(=O)(=O)N[C@H](C)c2ccccn2)c(C)c1. The molecule has 1 heterocycles. The van der Waals surface area contributed by atoms with Gasteiger partial charge in [-0.2, -0.15) is 0 Å². The average molecular weight is 320 g/mol. The first kappa shape index (κ1) is 16.5. The molecule has 0 amide bonds. The van der Waals surface area contributed by atoms with E-state index in [2.05, 4.69) is 9.71 Å². The van der Waals surface area contributed by atoms with Gasteiger partial charge in [-0.15, -0.1) is 0 Å². The second-order valence-electron chi connectivity index (χ2n) is 5.19. The van der Waals surface area contributed by atoms with Gasteiger partial charge in [0, 0.05) is 6.20 Å². The standard InChI is InChI=1S/C16H20N2O3S/c1-11-9-14(21-4)10-12(2)16(11)22(19,20)18-13(3)15-7-5-6-8-17-15/h5-10,13,18H,1-4H3/t13-/m1/s1. The van der Waals surface area contributed by atoms with Gasteiger partial charge in [-0.25, -0.2) is 13.1 Å². The maximum absolute atomic E-state index is 12.7. The second-order valence-corrected chi connectivity index (χ2v) is 6.84. The van der Waals surface area contributed by atoms with Crippen molar-refractivity contribution in [3.05, 3.63) is 53.3 Å². The van der Waals surface area contributed by atoms with Gasteiger partial charge in [-0.3, -0.25) is 4.98 Å². The number of nitrogens with one attached hydrogen (secondary N) is 1. The molecule has 5 nitrogen and oxygen atoms in total. The summed E-state index contributed by atoms with van der Waals surface area (Å²) in [7, 11) is -2.08. The van der Waals surface area contributed by atoms with Crippen LogP contribution in [0.4, 0.5) is 0 Å². The molecule has 0 fully saturated rings. The molecule has 22 heavy (non-hydrogen) atoms. The van der Waals surface area contributed by atoms with Gasteiger partial charge in [0.2, 0.25) is 10.0 Å². The third-order valence-electron chi connectivity index (χ3n) is 3.40. The normalized spacial score (nSPS) is 12.9. The third kappa shape index (κ3) is 3.45. The number of benzene rings is 1. The van der Waals surface area contributed by atoms with Crippen LogP contribution < -0.4 is 9.46 Å². The van der Waals surface area contributed by atoms with Gasteiger partial charge < -0.3 is 4.74 Å². The lowest BCUT2D eigenvalue weighted by molar-refractivity contribution is 0.413. The Morgan fingerprint density at radius 3 is 2.32 bits per heavy atom. The second kappa shape index (κ2) is 6.46. The maximum Gasteiger partial charge on any atom is 0.241 e. The van der Waals surface area contributed by atoms with Crippen LogP contribution in [0, 0.1) is 13.8 Å². The molecule has 0 radical (unpaired) electrons. The van der Waals surface area contributed by atoms with Crippen molar-refractivity contribution in [2.45, 2.75) is 31.7 Å². The van der Waals surface area contributed by atoms with E-state index in [1.807, 2.05) is 6.07 Å². The van der Waals surface area contributed by atoms with E-state index in [1.165, 1.54) is 0 Å². The minimum absolute atomic E-state index is 0.288. The van der Waals surface area contributed by atoms with Crippen molar-refractivity contribution in [3.8, 4) is 5.75 Å². The van der Waals surface area contributed by atoms with Gasteiger partial charge >= 0.3 is 0 Å². The van der Waals surface area contributed by atoms with Crippen LogP contribution in [0.15, 0.2) is 41.4 Å². The summed E-state index contributed by atoms with van der Waals surface area (Å²) < 4.78 is 33.2. The summed E-state index contributed by atoms with van der Waals surface area (Å²) in [5.41, 5.74) is 1.98. The van der Waals surface area contributed by atoms with Crippen LogP contribution in [-0.2, 0) is 10.0 Å². The summed E-state index contributed by atoms with van der Waals surface area (Å²) >= 11 is 0.